The Morgan fingerprint density at radius 3 is 2.58 bits per heavy atom. The van der Waals surface area contributed by atoms with Crippen LogP contribution >= 0.6 is 0 Å². The van der Waals surface area contributed by atoms with Gasteiger partial charge in [-0.3, -0.25) is 4.90 Å². The second kappa shape index (κ2) is 8.22. The molecule has 1 fully saturated rings. The number of rotatable bonds is 8. The van der Waals surface area contributed by atoms with E-state index in [1.54, 1.807) is 26.7 Å². The van der Waals surface area contributed by atoms with Crippen LogP contribution < -0.4 is 9.47 Å². The Bertz CT molecular complexity index is 620. The lowest BCUT2D eigenvalue weighted by atomic mass is 10.1. The van der Waals surface area contributed by atoms with E-state index in [4.69, 9.17) is 18.6 Å². The normalized spacial score (nSPS) is 17.4. The molecule has 0 amide bonds. The van der Waals surface area contributed by atoms with Crippen molar-refractivity contribution < 1.29 is 18.6 Å². The van der Waals surface area contributed by atoms with Gasteiger partial charge in [-0.1, -0.05) is 6.07 Å². The lowest BCUT2D eigenvalue weighted by Crippen LogP contribution is -2.31. The first-order valence-electron chi connectivity index (χ1n) is 8.34. The van der Waals surface area contributed by atoms with Crippen LogP contribution in [0.5, 0.6) is 11.5 Å². The molecular formula is C19H25NO4. The third kappa shape index (κ3) is 4.30. The van der Waals surface area contributed by atoms with Gasteiger partial charge in [-0.25, -0.2) is 0 Å². The largest absolute Gasteiger partial charge is 0.493 e. The Kier molecular flexibility index (Phi) is 5.77. The van der Waals surface area contributed by atoms with E-state index in [2.05, 4.69) is 11.0 Å². The molecule has 0 bridgehead atoms. The molecule has 0 radical (unpaired) electrons. The summed E-state index contributed by atoms with van der Waals surface area (Å²) >= 11 is 0. The molecule has 0 spiro atoms. The maximum Gasteiger partial charge on any atom is 0.161 e. The van der Waals surface area contributed by atoms with Gasteiger partial charge in [0.25, 0.3) is 0 Å². The minimum absolute atomic E-state index is 0.317. The first-order valence-corrected chi connectivity index (χ1v) is 8.34. The predicted molar refractivity (Wildman–Crippen MR) is 91.3 cm³/mol. The van der Waals surface area contributed by atoms with Crippen LogP contribution in [-0.2, 0) is 17.8 Å². The third-order valence-electron chi connectivity index (χ3n) is 4.33. The Morgan fingerprint density at radius 1 is 1.08 bits per heavy atom. The Balaban J connectivity index is 1.72. The molecule has 1 aliphatic rings. The SMILES string of the molecule is COc1ccc(CN(Cc2ccoc2)C[C@H]2CCCO2)cc1OC. The molecule has 2 heterocycles. The van der Waals surface area contributed by atoms with Gasteiger partial charge < -0.3 is 18.6 Å². The summed E-state index contributed by atoms with van der Waals surface area (Å²) in [4.78, 5) is 2.39. The quantitative estimate of drug-likeness (QED) is 0.741. The van der Waals surface area contributed by atoms with E-state index < -0.39 is 0 Å². The van der Waals surface area contributed by atoms with Crippen molar-refractivity contribution in [1.82, 2.24) is 4.90 Å². The molecule has 1 aliphatic heterocycles. The number of methoxy groups -OCH3 is 2. The van der Waals surface area contributed by atoms with E-state index >= 15 is 0 Å². The summed E-state index contributed by atoms with van der Waals surface area (Å²) in [6.07, 6.45) is 6.12. The molecule has 1 aromatic carbocycles. The van der Waals surface area contributed by atoms with Crippen LogP contribution in [0.4, 0.5) is 0 Å². The standard InChI is InChI=1S/C19H25NO4/c1-21-18-6-5-15(10-19(18)22-2)11-20(12-16-7-9-23-14-16)13-17-4-3-8-24-17/h5-7,9-10,14,17H,3-4,8,11-13H2,1-2H3/t17-/m1/s1. The van der Waals surface area contributed by atoms with E-state index in [1.807, 2.05) is 18.2 Å². The van der Waals surface area contributed by atoms with Crippen molar-refractivity contribution in [2.24, 2.45) is 0 Å². The van der Waals surface area contributed by atoms with Gasteiger partial charge in [-0.05, 0) is 36.6 Å². The zero-order chi connectivity index (χ0) is 16.8. The number of furan rings is 1. The second-order valence-electron chi connectivity index (χ2n) is 6.13. The highest BCUT2D eigenvalue weighted by Gasteiger charge is 2.20. The highest BCUT2D eigenvalue weighted by atomic mass is 16.5. The van der Waals surface area contributed by atoms with Crippen LogP contribution in [0.25, 0.3) is 0 Å². The van der Waals surface area contributed by atoms with E-state index in [0.717, 1.165) is 50.6 Å². The summed E-state index contributed by atoms with van der Waals surface area (Å²) < 4.78 is 21.8. The molecule has 130 valence electrons. The maximum absolute atomic E-state index is 5.81. The van der Waals surface area contributed by atoms with Crippen molar-refractivity contribution in [2.75, 3.05) is 27.4 Å². The summed E-state index contributed by atoms with van der Waals surface area (Å²) in [5.74, 6) is 1.51. The van der Waals surface area contributed by atoms with Crippen molar-refractivity contribution >= 4 is 0 Å². The van der Waals surface area contributed by atoms with Gasteiger partial charge >= 0.3 is 0 Å². The molecule has 2 aromatic rings. The Morgan fingerprint density at radius 2 is 1.92 bits per heavy atom. The molecule has 0 N–H and O–H groups in total. The number of benzene rings is 1. The number of hydrogen-bond acceptors (Lipinski definition) is 5. The summed E-state index contributed by atoms with van der Waals surface area (Å²) in [5.41, 5.74) is 2.36. The van der Waals surface area contributed by atoms with Crippen LogP contribution in [0.1, 0.15) is 24.0 Å². The van der Waals surface area contributed by atoms with Crippen LogP contribution in [0.2, 0.25) is 0 Å². The van der Waals surface area contributed by atoms with Crippen LogP contribution in [0, 0.1) is 0 Å². The summed E-state index contributed by atoms with van der Waals surface area (Å²) in [7, 11) is 3.32. The minimum Gasteiger partial charge on any atom is -0.493 e. The fourth-order valence-corrected chi connectivity index (χ4v) is 3.14. The average molecular weight is 331 g/mol. The molecule has 5 heteroatoms. The van der Waals surface area contributed by atoms with Gasteiger partial charge in [0.2, 0.25) is 0 Å². The Hall–Kier alpha value is -1.98. The zero-order valence-electron chi connectivity index (χ0n) is 14.4. The first kappa shape index (κ1) is 16.9. The van der Waals surface area contributed by atoms with Crippen LogP contribution in [0.15, 0.2) is 41.2 Å². The fourth-order valence-electron chi connectivity index (χ4n) is 3.14. The van der Waals surface area contributed by atoms with Gasteiger partial charge in [-0.15, -0.1) is 0 Å². The number of nitrogens with zero attached hydrogens (tertiary/aromatic N) is 1. The molecule has 0 saturated carbocycles. The van der Waals surface area contributed by atoms with Crippen molar-refractivity contribution in [3.8, 4) is 11.5 Å². The molecular weight excluding hydrogens is 306 g/mol. The third-order valence-corrected chi connectivity index (χ3v) is 4.33. The van der Waals surface area contributed by atoms with Crippen molar-refractivity contribution in [3.05, 3.63) is 47.9 Å². The van der Waals surface area contributed by atoms with Crippen molar-refractivity contribution in [3.63, 3.8) is 0 Å². The summed E-state index contributed by atoms with van der Waals surface area (Å²) in [6.45, 7) is 3.45. The average Bonchev–Trinajstić information content (AvgIpc) is 3.28. The highest BCUT2D eigenvalue weighted by Crippen LogP contribution is 2.28. The van der Waals surface area contributed by atoms with Crippen molar-refractivity contribution in [2.45, 2.75) is 32.0 Å². The van der Waals surface area contributed by atoms with E-state index in [9.17, 15) is 0 Å². The maximum atomic E-state index is 5.81. The van der Waals surface area contributed by atoms with Gasteiger partial charge in [-0.2, -0.15) is 0 Å². The zero-order valence-corrected chi connectivity index (χ0v) is 14.4. The molecule has 0 unspecified atom stereocenters. The Labute approximate surface area is 143 Å². The molecule has 1 saturated heterocycles. The minimum atomic E-state index is 0.317. The van der Waals surface area contributed by atoms with Crippen LogP contribution in [0.3, 0.4) is 0 Å². The summed E-state index contributed by atoms with van der Waals surface area (Å²) in [6, 6.07) is 8.09. The summed E-state index contributed by atoms with van der Waals surface area (Å²) in [5, 5.41) is 0. The van der Waals surface area contributed by atoms with Crippen LogP contribution in [-0.4, -0.2) is 38.4 Å². The molecule has 1 atom stereocenters. The molecule has 24 heavy (non-hydrogen) atoms. The van der Waals surface area contributed by atoms with Gasteiger partial charge in [0.15, 0.2) is 11.5 Å². The smallest absolute Gasteiger partial charge is 0.161 e. The lowest BCUT2D eigenvalue weighted by molar-refractivity contribution is 0.0678. The molecule has 1 aromatic heterocycles. The molecule has 3 rings (SSSR count). The van der Waals surface area contributed by atoms with Gasteiger partial charge in [0.05, 0.1) is 32.8 Å². The highest BCUT2D eigenvalue weighted by molar-refractivity contribution is 5.42. The van der Waals surface area contributed by atoms with E-state index in [0.29, 0.717) is 6.10 Å². The van der Waals surface area contributed by atoms with E-state index in [-0.39, 0.29) is 0 Å². The second-order valence-corrected chi connectivity index (χ2v) is 6.13. The van der Waals surface area contributed by atoms with Crippen molar-refractivity contribution in [1.29, 1.82) is 0 Å². The monoisotopic (exact) mass is 331 g/mol. The number of ether oxygens (including phenoxy) is 3. The molecule has 0 aliphatic carbocycles. The first-order chi connectivity index (χ1) is 11.8. The fraction of sp³-hybridized carbons (Fsp3) is 0.474. The van der Waals surface area contributed by atoms with E-state index in [1.165, 1.54) is 11.1 Å². The predicted octanol–water partition coefficient (Wildman–Crippen LogP) is 3.48. The lowest BCUT2D eigenvalue weighted by Gasteiger charge is -2.25. The van der Waals surface area contributed by atoms with Gasteiger partial charge in [0, 0.05) is 31.8 Å². The topological polar surface area (TPSA) is 44.1 Å². The molecule has 5 nitrogen and oxygen atoms in total. The number of hydrogen-bond donors (Lipinski definition) is 0. The van der Waals surface area contributed by atoms with Gasteiger partial charge in [0.1, 0.15) is 0 Å².